The van der Waals surface area contributed by atoms with Gasteiger partial charge in [0.1, 0.15) is 33.0 Å². The van der Waals surface area contributed by atoms with E-state index in [1.165, 1.54) is 11.3 Å². The first-order valence-corrected chi connectivity index (χ1v) is 10.8. The molecule has 4 aromatic heterocycles. The highest BCUT2D eigenvalue weighted by molar-refractivity contribution is 7.16. The van der Waals surface area contributed by atoms with Gasteiger partial charge in [0, 0.05) is 37.3 Å². The molecule has 1 atom stereocenters. The summed E-state index contributed by atoms with van der Waals surface area (Å²) in [6, 6.07) is 11.3. The zero-order chi connectivity index (χ0) is 20.9. The molecular formula is C22H18N6O2S. The van der Waals surface area contributed by atoms with Gasteiger partial charge < -0.3 is 14.3 Å². The second-order valence-corrected chi connectivity index (χ2v) is 8.54. The number of nitrogens with one attached hydrogen (secondary N) is 1. The van der Waals surface area contributed by atoms with Crippen molar-refractivity contribution < 1.29 is 9.21 Å². The number of thiazole rings is 1. The largest absolute Gasteiger partial charge is 0.458 e. The maximum atomic E-state index is 13.6. The molecule has 9 heteroatoms. The highest BCUT2D eigenvalue weighted by Crippen LogP contribution is 2.37. The fraction of sp³-hybridized carbons (Fsp3) is 0.182. The SMILES string of the molecule is Cn1ccc(-c2ncc(C(=O)N3CCc4[nH]cnc4[C@H]3c3cc4ccccc4o3)s2)n1. The van der Waals surface area contributed by atoms with Gasteiger partial charge in [-0.2, -0.15) is 5.10 Å². The summed E-state index contributed by atoms with van der Waals surface area (Å²) >= 11 is 1.35. The molecule has 0 saturated carbocycles. The molecule has 154 valence electrons. The Morgan fingerprint density at radius 2 is 2.16 bits per heavy atom. The third-order valence-electron chi connectivity index (χ3n) is 5.55. The van der Waals surface area contributed by atoms with Gasteiger partial charge in [0.2, 0.25) is 0 Å². The van der Waals surface area contributed by atoms with Gasteiger partial charge in [-0.05, 0) is 18.2 Å². The van der Waals surface area contributed by atoms with Crippen molar-refractivity contribution in [1.82, 2.24) is 29.6 Å². The number of carbonyl (C=O) groups is 1. The van der Waals surface area contributed by atoms with Gasteiger partial charge >= 0.3 is 0 Å². The number of para-hydroxylation sites is 1. The number of amides is 1. The predicted molar refractivity (Wildman–Crippen MR) is 116 cm³/mol. The highest BCUT2D eigenvalue weighted by Gasteiger charge is 2.37. The van der Waals surface area contributed by atoms with Crippen LogP contribution in [-0.2, 0) is 13.5 Å². The van der Waals surface area contributed by atoms with Crippen LogP contribution in [0.3, 0.4) is 0 Å². The minimum atomic E-state index is -0.393. The van der Waals surface area contributed by atoms with Crippen molar-refractivity contribution in [3.63, 3.8) is 0 Å². The molecular weight excluding hydrogens is 412 g/mol. The van der Waals surface area contributed by atoms with Crippen LogP contribution in [0.5, 0.6) is 0 Å². The molecule has 1 N–H and O–H groups in total. The second-order valence-electron chi connectivity index (χ2n) is 7.51. The lowest BCUT2D eigenvalue weighted by molar-refractivity contribution is 0.0677. The summed E-state index contributed by atoms with van der Waals surface area (Å²) in [5, 5.41) is 6.11. The minimum Gasteiger partial charge on any atom is -0.458 e. The lowest BCUT2D eigenvalue weighted by Gasteiger charge is -2.33. The van der Waals surface area contributed by atoms with Crippen LogP contribution in [0.25, 0.3) is 21.7 Å². The van der Waals surface area contributed by atoms with Crippen molar-refractivity contribution in [3.05, 3.63) is 77.1 Å². The quantitative estimate of drug-likeness (QED) is 0.470. The van der Waals surface area contributed by atoms with Crippen molar-refractivity contribution in [2.24, 2.45) is 7.05 Å². The van der Waals surface area contributed by atoms with Crippen molar-refractivity contribution >= 4 is 28.2 Å². The molecule has 0 saturated heterocycles. The number of fused-ring (bicyclic) bond motifs is 2. The number of H-pyrrole nitrogens is 1. The van der Waals surface area contributed by atoms with Crippen LogP contribution in [-0.4, -0.2) is 42.1 Å². The molecule has 0 aliphatic carbocycles. The molecule has 0 radical (unpaired) electrons. The predicted octanol–water partition coefficient (Wildman–Crippen LogP) is 3.80. The fourth-order valence-corrected chi connectivity index (χ4v) is 4.92. The molecule has 1 amide bonds. The third-order valence-corrected chi connectivity index (χ3v) is 6.56. The number of carbonyl (C=O) groups excluding carboxylic acids is 1. The van der Waals surface area contributed by atoms with Crippen LogP contribution in [0.2, 0.25) is 0 Å². The van der Waals surface area contributed by atoms with Gasteiger partial charge in [-0.25, -0.2) is 9.97 Å². The standard InChI is InChI=1S/C22H18N6O2S/c1-27-8-6-15(26-27)21-23-11-18(31-21)22(29)28-9-7-14-19(25-12-24-14)20(28)17-10-13-4-2-3-5-16(13)30-17/h2-6,8,10-12,20H,7,9H2,1H3,(H,24,25)/t20-/m1/s1. The monoisotopic (exact) mass is 430 g/mol. The Labute approximate surface area is 181 Å². The number of benzene rings is 1. The fourth-order valence-electron chi connectivity index (χ4n) is 4.08. The van der Waals surface area contributed by atoms with E-state index in [2.05, 4.69) is 20.1 Å². The number of hydrogen-bond acceptors (Lipinski definition) is 6. The van der Waals surface area contributed by atoms with E-state index in [1.807, 2.05) is 54.5 Å². The van der Waals surface area contributed by atoms with Crippen molar-refractivity contribution in [2.45, 2.75) is 12.5 Å². The van der Waals surface area contributed by atoms with E-state index in [0.29, 0.717) is 23.6 Å². The molecule has 1 aliphatic heterocycles. The van der Waals surface area contributed by atoms with Gasteiger partial charge in [-0.3, -0.25) is 9.48 Å². The van der Waals surface area contributed by atoms with E-state index in [4.69, 9.17) is 4.42 Å². The van der Waals surface area contributed by atoms with Gasteiger partial charge in [0.25, 0.3) is 5.91 Å². The first-order valence-electron chi connectivity index (χ1n) is 9.95. The third kappa shape index (κ3) is 2.97. The summed E-state index contributed by atoms with van der Waals surface area (Å²) in [7, 11) is 1.86. The van der Waals surface area contributed by atoms with Crippen LogP contribution < -0.4 is 0 Å². The zero-order valence-electron chi connectivity index (χ0n) is 16.6. The van der Waals surface area contributed by atoms with Crippen LogP contribution in [0.15, 0.2) is 59.5 Å². The molecule has 1 aromatic carbocycles. The first-order chi connectivity index (χ1) is 15.2. The minimum absolute atomic E-state index is 0.0845. The van der Waals surface area contributed by atoms with Gasteiger partial charge in [0.05, 0.1) is 18.2 Å². The average Bonchev–Trinajstić information content (AvgIpc) is 3.57. The normalized spacial score (nSPS) is 16.0. The van der Waals surface area contributed by atoms with Crippen molar-refractivity contribution in [3.8, 4) is 10.7 Å². The Morgan fingerprint density at radius 1 is 1.26 bits per heavy atom. The zero-order valence-corrected chi connectivity index (χ0v) is 17.5. The number of hydrogen-bond donors (Lipinski definition) is 1. The molecule has 6 rings (SSSR count). The summed E-state index contributed by atoms with van der Waals surface area (Å²) in [6.45, 7) is 0.562. The second kappa shape index (κ2) is 6.92. The Kier molecular flexibility index (Phi) is 4.03. The van der Waals surface area contributed by atoms with E-state index in [-0.39, 0.29) is 5.91 Å². The maximum absolute atomic E-state index is 13.6. The average molecular weight is 430 g/mol. The maximum Gasteiger partial charge on any atom is 0.266 e. The van der Waals surface area contributed by atoms with Crippen molar-refractivity contribution in [2.75, 3.05) is 6.54 Å². The molecule has 8 nitrogen and oxygen atoms in total. The van der Waals surface area contributed by atoms with E-state index in [1.54, 1.807) is 17.2 Å². The Bertz CT molecular complexity index is 1380. The lowest BCUT2D eigenvalue weighted by atomic mass is 10.00. The lowest BCUT2D eigenvalue weighted by Crippen LogP contribution is -2.40. The number of rotatable bonds is 3. The number of aryl methyl sites for hydroxylation is 1. The summed E-state index contributed by atoms with van der Waals surface area (Å²) in [6.07, 6.45) is 5.89. The van der Waals surface area contributed by atoms with Gasteiger partial charge in [-0.1, -0.05) is 18.2 Å². The van der Waals surface area contributed by atoms with Crippen LogP contribution in [0, 0.1) is 0 Å². The first kappa shape index (κ1) is 18.1. The molecule has 31 heavy (non-hydrogen) atoms. The summed E-state index contributed by atoms with van der Waals surface area (Å²) in [5.41, 5.74) is 3.41. The molecule has 1 aliphatic rings. The molecule has 5 aromatic rings. The van der Waals surface area contributed by atoms with E-state index in [0.717, 1.165) is 33.1 Å². The van der Waals surface area contributed by atoms with E-state index < -0.39 is 6.04 Å². The van der Waals surface area contributed by atoms with Crippen LogP contribution in [0.4, 0.5) is 0 Å². The molecule has 0 bridgehead atoms. The van der Waals surface area contributed by atoms with Gasteiger partial charge in [0.15, 0.2) is 0 Å². The highest BCUT2D eigenvalue weighted by atomic mass is 32.1. The number of nitrogens with zero attached hydrogens (tertiary/aromatic N) is 5. The Morgan fingerprint density at radius 3 is 3.00 bits per heavy atom. The van der Waals surface area contributed by atoms with E-state index in [9.17, 15) is 4.79 Å². The molecule has 0 unspecified atom stereocenters. The molecule has 0 spiro atoms. The van der Waals surface area contributed by atoms with Crippen LogP contribution in [0.1, 0.15) is 32.9 Å². The number of aromatic nitrogens is 5. The number of aromatic amines is 1. The Balaban J connectivity index is 1.40. The van der Waals surface area contributed by atoms with E-state index >= 15 is 0 Å². The molecule has 0 fully saturated rings. The number of furan rings is 1. The summed E-state index contributed by atoms with van der Waals surface area (Å²) < 4.78 is 7.88. The Hall–Kier alpha value is -3.72. The topological polar surface area (TPSA) is 92.8 Å². The summed E-state index contributed by atoms with van der Waals surface area (Å²) in [5.74, 6) is 0.621. The van der Waals surface area contributed by atoms with Crippen LogP contribution >= 0.6 is 11.3 Å². The number of imidazole rings is 1. The summed E-state index contributed by atoms with van der Waals surface area (Å²) in [4.78, 5) is 28.1. The van der Waals surface area contributed by atoms with Crippen molar-refractivity contribution in [1.29, 1.82) is 0 Å². The van der Waals surface area contributed by atoms with Gasteiger partial charge in [-0.15, -0.1) is 11.3 Å². The smallest absolute Gasteiger partial charge is 0.266 e. The molecule has 5 heterocycles.